The Kier molecular flexibility index (Phi) is 5.72. The zero-order chi connectivity index (χ0) is 15.9. The molecule has 0 bridgehead atoms. The summed E-state index contributed by atoms with van der Waals surface area (Å²) in [6, 6.07) is 15.0. The largest absolute Gasteiger partial charge is 0.347 e. The zero-order valence-corrected chi connectivity index (χ0v) is 13.8. The number of halogens is 1. The highest BCUT2D eigenvalue weighted by Crippen LogP contribution is 2.13. The molecule has 0 unspecified atom stereocenters. The zero-order valence-electron chi connectivity index (χ0n) is 12.2. The molecule has 2 amide bonds. The Bertz CT molecular complexity index is 686. The molecule has 114 valence electrons. The fourth-order valence-corrected chi connectivity index (χ4v) is 2.43. The maximum Gasteiger partial charge on any atom is 0.243 e. The van der Waals surface area contributed by atoms with Crippen LogP contribution in [0.15, 0.2) is 53.0 Å². The third-order valence-electron chi connectivity index (χ3n) is 3.12. The average Bonchev–Trinajstić information content (AvgIpc) is 2.48. The number of benzene rings is 2. The number of hydrogen-bond acceptors (Lipinski definition) is 2. The molecule has 0 fully saturated rings. The number of carbonyl (C=O) groups is 2. The molecule has 22 heavy (non-hydrogen) atoms. The molecule has 0 atom stereocenters. The lowest BCUT2D eigenvalue weighted by atomic mass is 10.1. The molecule has 2 aromatic rings. The summed E-state index contributed by atoms with van der Waals surface area (Å²) in [5.74, 6) is -0.421. The summed E-state index contributed by atoms with van der Waals surface area (Å²) in [5, 5.41) is 5.40. The maximum absolute atomic E-state index is 11.8. The first-order valence-electron chi connectivity index (χ1n) is 6.91. The molecule has 0 aromatic heterocycles. The minimum absolute atomic E-state index is 0.0405. The van der Waals surface area contributed by atoms with Crippen molar-refractivity contribution in [1.29, 1.82) is 0 Å². The number of rotatable bonds is 5. The molecule has 0 heterocycles. The van der Waals surface area contributed by atoms with Crippen LogP contribution < -0.4 is 10.6 Å². The molecule has 0 spiro atoms. The van der Waals surface area contributed by atoms with Crippen LogP contribution in [0.5, 0.6) is 0 Å². The molecular formula is C17H17BrN2O2. The van der Waals surface area contributed by atoms with Gasteiger partial charge in [-0.05, 0) is 36.2 Å². The van der Waals surface area contributed by atoms with Gasteiger partial charge in [0.2, 0.25) is 11.8 Å². The van der Waals surface area contributed by atoms with Crippen molar-refractivity contribution in [2.75, 3.05) is 11.9 Å². The quantitative estimate of drug-likeness (QED) is 0.860. The highest BCUT2D eigenvalue weighted by atomic mass is 79.9. The van der Waals surface area contributed by atoms with Crippen molar-refractivity contribution < 1.29 is 9.59 Å². The minimum atomic E-state index is -0.239. The van der Waals surface area contributed by atoms with Gasteiger partial charge >= 0.3 is 0 Å². The highest BCUT2D eigenvalue weighted by Gasteiger charge is 2.08. The van der Waals surface area contributed by atoms with E-state index in [0.717, 1.165) is 21.3 Å². The molecule has 2 rings (SSSR count). The third-order valence-corrected chi connectivity index (χ3v) is 3.61. The van der Waals surface area contributed by atoms with Crippen LogP contribution in [-0.4, -0.2) is 18.4 Å². The van der Waals surface area contributed by atoms with Gasteiger partial charge in [-0.2, -0.15) is 0 Å². The van der Waals surface area contributed by atoms with Crippen molar-refractivity contribution in [3.8, 4) is 0 Å². The predicted molar refractivity (Wildman–Crippen MR) is 90.7 cm³/mol. The number of amides is 2. The van der Waals surface area contributed by atoms with Gasteiger partial charge < -0.3 is 10.6 Å². The summed E-state index contributed by atoms with van der Waals surface area (Å²) in [5.41, 5.74) is 2.64. The lowest BCUT2D eigenvalue weighted by Crippen LogP contribution is -2.33. The summed E-state index contributed by atoms with van der Waals surface area (Å²) in [7, 11) is 0. The van der Waals surface area contributed by atoms with Gasteiger partial charge in [0.15, 0.2) is 0 Å². The molecule has 0 saturated heterocycles. The molecule has 0 aliphatic carbocycles. The van der Waals surface area contributed by atoms with E-state index in [1.165, 1.54) is 0 Å². The van der Waals surface area contributed by atoms with Crippen LogP contribution in [0.25, 0.3) is 0 Å². The minimum Gasteiger partial charge on any atom is -0.347 e. The normalized spacial score (nSPS) is 10.1. The average molecular weight is 361 g/mol. The Labute approximate surface area is 138 Å². The van der Waals surface area contributed by atoms with Crippen molar-refractivity contribution in [2.45, 2.75) is 13.3 Å². The Balaban J connectivity index is 1.81. The summed E-state index contributed by atoms with van der Waals surface area (Å²) >= 11 is 3.36. The van der Waals surface area contributed by atoms with Gasteiger partial charge in [-0.1, -0.05) is 46.3 Å². The van der Waals surface area contributed by atoms with Crippen LogP contribution in [0.3, 0.4) is 0 Å². The Morgan fingerprint density at radius 2 is 1.82 bits per heavy atom. The van der Waals surface area contributed by atoms with Gasteiger partial charge in [0, 0.05) is 10.2 Å². The van der Waals surface area contributed by atoms with Crippen LogP contribution in [0, 0.1) is 6.92 Å². The van der Waals surface area contributed by atoms with E-state index in [4.69, 9.17) is 0 Å². The number of carbonyl (C=O) groups excluding carboxylic acids is 2. The molecule has 0 aliphatic rings. The maximum atomic E-state index is 11.8. The Hall–Kier alpha value is -2.14. The molecular weight excluding hydrogens is 344 g/mol. The molecule has 2 N–H and O–H groups in total. The first kappa shape index (κ1) is 16.2. The van der Waals surface area contributed by atoms with Crippen LogP contribution >= 0.6 is 15.9 Å². The van der Waals surface area contributed by atoms with E-state index in [2.05, 4.69) is 26.6 Å². The van der Waals surface area contributed by atoms with Crippen LogP contribution in [0.2, 0.25) is 0 Å². The fraction of sp³-hybridized carbons (Fsp3) is 0.176. The van der Waals surface area contributed by atoms with E-state index in [1.807, 2.05) is 55.5 Å². The topological polar surface area (TPSA) is 58.2 Å². The Morgan fingerprint density at radius 1 is 1.05 bits per heavy atom. The number of nitrogens with one attached hydrogen (secondary N) is 2. The Morgan fingerprint density at radius 3 is 2.55 bits per heavy atom. The van der Waals surface area contributed by atoms with Gasteiger partial charge in [-0.3, -0.25) is 9.59 Å². The van der Waals surface area contributed by atoms with E-state index < -0.39 is 0 Å². The van der Waals surface area contributed by atoms with Crippen LogP contribution in [0.4, 0.5) is 5.69 Å². The predicted octanol–water partition coefficient (Wildman–Crippen LogP) is 3.05. The summed E-state index contributed by atoms with van der Waals surface area (Å²) in [4.78, 5) is 23.7. The van der Waals surface area contributed by atoms with Gasteiger partial charge in [-0.15, -0.1) is 0 Å². The van der Waals surface area contributed by atoms with Gasteiger partial charge in [0.25, 0.3) is 0 Å². The number of aryl methyl sites for hydroxylation is 1. The van der Waals surface area contributed by atoms with Crippen LogP contribution in [0.1, 0.15) is 11.1 Å². The number of hydrogen-bond donors (Lipinski definition) is 2. The van der Waals surface area contributed by atoms with Crippen molar-refractivity contribution in [3.63, 3.8) is 0 Å². The third kappa shape index (κ3) is 5.00. The summed E-state index contributed by atoms with van der Waals surface area (Å²) in [6.45, 7) is 1.88. The van der Waals surface area contributed by atoms with Crippen molar-refractivity contribution in [3.05, 3.63) is 64.1 Å². The lowest BCUT2D eigenvalue weighted by molar-refractivity contribution is -0.123. The fourth-order valence-electron chi connectivity index (χ4n) is 1.98. The monoisotopic (exact) mass is 360 g/mol. The number of para-hydroxylation sites is 1. The molecule has 0 aliphatic heterocycles. The highest BCUT2D eigenvalue weighted by molar-refractivity contribution is 9.10. The van der Waals surface area contributed by atoms with Crippen molar-refractivity contribution >= 4 is 33.4 Å². The standard InChI is InChI=1S/C17H17BrN2O2/c1-12-5-2-3-8-15(12)20-17(22)11-19-16(21)10-13-6-4-7-14(18)9-13/h2-9H,10-11H2,1H3,(H,19,21)(H,20,22). The van der Waals surface area contributed by atoms with Gasteiger partial charge in [-0.25, -0.2) is 0 Å². The van der Waals surface area contributed by atoms with Gasteiger partial charge in [0.1, 0.15) is 0 Å². The molecule has 5 heteroatoms. The lowest BCUT2D eigenvalue weighted by Gasteiger charge is -2.09. The SMILES string of the molecule is Cc1ccccc1NC(=O)CNC(=O)Cc1cccc(Br)c1. The van der Waals surface area contributed by atoms with Crippen molar-refractivity contribution in [1.82, 2.24) is 5.32 Å². The summed E-state index contributed by atoms with van der Waals surface area (Å²) < 4.78 is 0.926. The van der Waals surface area contributed by atoms with E-state index in [1.54, 1.807) is 0 Å². The van der Waals surface area contributed by atoms with Gasteiger partial charge in [0.05, 0.1) is 13.0 Å². The van der Waals surface area contributed by atoms with E-state index in [9.17, 15) is 9.59 Å². The first-order valence-corrected chi connectivity index (χ1v) is 7.70. The molecule has 2 aromatic carbocycles. The van der Waals surface area contributed by atoms with E-state index in [-0.39, 0.29) is 24.8 Å². The molecule has 0 saturated carbocycles. The molecule has 0 radical (unpaired) electrons. The second kappa shape index (κ2) is 7.75. The van der Waals surface area contributed by atoms with Crippen molar-refractivity contribution in [2.24, 2.45) is 0 Å². The summed E-state index contributed by atoms with van der Waals surface area (Å²) in [6.07, 6.45) is 0.247. The van der Waals surface area contributed by atoms with Crippen LogP contribution in [-0.2, 0) is 16.0 Å². The second-order valence-corrected chi connectivity index (χ2v) is 5.86. The first-order chi connectivity index (χ1) is 10.5. The molecule has 4 nitrogen and oxygen atoms in total. The number of anilines is 1. The van der Waals surface area contributed by atoms with E-state index >= 15 is 0 Å². The smallest absolute Gasteiger partial charge is 0.243 e. The van der Waals surface area contributed by atoms with E-state index in [0.29, 0.717) is 0 Å². The second-order valence-electron chi connectivity index (χ2n) is 4.95.